The Morgan fingerprint density at radius 2 is 1.94 bits per heavy atom. The maximum absolute atomic E-state index is 11.9. The van der Waals surface area contributed by atoms with Crippen molar-refractivity contribution in [2.24, 2.45) is 0 Å². The van der Waals surface area contributed by atoms with E-state index in [1.807, 2.05) is 25.3 Å². The number of ether oxygens (including phenoxy) is 1. The molecule has 3 nitrogen and oxygen atoms in total. The molecule has 0 aliphatic carbocycles. The Morgan fingerprint density at radius 1 is 1.35 bits per heavy atom. The van der Waals surface area contributed by atoms with Crippen molar-refractivity contribution in [3.63, 3.8) is 0 Å². The first-order chi connectivity index (χ1) is 7.90. The molecule has 0 aliphatic heterocycles. The van der Waals surface area contributed by atoms with Crippen LogP contribution >= 0.6 is 11.3 Å². The van der Waals surface area contributed by atoms with E-state index in [2.05, 4.69) is 19.6 Å². The van der Waals surface area contributed by atoms with Gasteiger partial charge in [-0.15, -0.1) is 11.3 Å². The second kappa shape index (κ2) is 5.69. The molecule has 1 heterocycles. The Kier molecular flexibility index (Phi) is 4.77. The van der Waals surface area contributed by atoms with Crippen LogP contribution in [0.4, 0.5) is 4.79 Å². The highest BCUT2D eigenvalue weighted by atomic mass is 32.1. The summed E-state index contributed by atoms with van der Waals surface area (Å²) >= 11 is 1.69. The fourth-order valence-corrected chi connectivity index (χ4v) is 4.61. The van der Waals surface area contributed by atoms with Gasteiger partial charge in [0, 0.05) is 17.6 Å². The Labute approximate surface area is 108 Å². The molecule has 0 saturated heterocycles. The molecule has 0 fully saturated rings. The van der Waals surface area contributed by atoms with Gasteiger partial charge in [-0.2, -0.15) is 0 Å². The first-order valence-electron chi connectivity index (χ1n) is 5.94. The van der Waals surface area contributed by atoms with Crippen molar-refractivity contribution in [2.45, 2.75) is 33.5 Å². The molecular formula is C12H21NO2SSi. The molecule has 17 heavy (non-hydrogen) atoms. The van der Waals surface area contributed by atoms with Crippen molar-refractivity contribution in [2.75, 3.05) is 13.1 Å². The molecule has 1 rings (SSSR count). The fraction of sp³-hybridized carbons (Fsp3) is 0.583. The normalized spacial score (nSPS) is 11.4. The lowest BCUT2D eigenvalue weighted by molar-refractivity contribution is 0.158. The van der Waals surface area contributed by atoms with Gasteiger partial charge in [-0.1, -0.05) is 19.6 Å². The quantitative estimate of drug-likeness (QED) is 0.787. The zero-order chi connectivity index (χ0) is 13.1. The van der Waals surface area contributed by atoms with Crippen LogP contribution in [0.25, 0.3) is 0 Å². The van der Waals surface area contributed by atoms with Crippen LogP contribution in [0.2, 0.25) is 19.6 Å². The van der Waals surface area contributed by atoms with Crippen molar-refractivity contribution < 1.29 is 9.53 Å². The molecule has 0 aromatic carbocycles. The zero-order valence-electron chi connectivity index (χ0n) is 11.2. The summed E-state index contributed by atoms with van der Waals surface area (Å²) in [6.07, 6.45) is -0.243. The predicted octanol–water partition coefficient (Wildman–Crippen LogP) is 3.13. The van der Waals surface area contributed by atoms with Gasteiger partial charge in [-0.25, -0.2) is 4.79 Å². The minimum atomic E-state index is -1.42. The van der Waals surface area contributed by atoms with Gasteiger partial charge in [0.25, 0.3) is 0 Å². The van der Waals surface area contributed by atoms with Crippen LogP contribution in [0.15, 0.2) is 11.4 Å². The van der Waals surface area contributed by atoms with Crippen LogP contribution < -0.4 is 9.24 Å². The van der Waals surface area contributed by atoms with Gasteiger partial charge < -0.3 is 9.64 Å². The predicted molar refractivity (Wildman–Crippen MR) is 76.2 cm³/mol. The van der Waals surface area contributed by atoms with Crippen molar-refractivity contribution in [3.8, 4) is 5.75 Å². The summed E-state index contributed by atoms with van der Waals surface area (Å²) in [5, 5.41) is 2.00. The third-order valence-corrected chi connectivity index (χ3v) is 7.04. The summed E-state index contributed by atoms with van der Waals surface area (Å²) in [7, 11) is -1.42. The van der Waals surface area contributed by atoms with E-state index in [4.69, 9.17) is 4.74 Å². The highest BCUT2D eigenvalue weighted by Crippen LogP contribution is 2.20. The summed E-state index contributed by atoms with van der Waals surface area (Å²) in [5.41, 5.74) is 0. The summed E-state index contributed by atoms with van der Waals surface area (Å²) in [5.74, 6) is 0.756. The molecule has 0 N–H and O–H groups in total. The van der Waals surface area contributed by atoms with Gasteiger partial charge in [0.2, 0.25) is 0 Å². The number of carbonyl (C=O) groups excluding carboxylic acids is 1. The lowest BCUT2D eigenvalue weighted by atomic mass is 10.5. The van der Waals surface area contributed by atoms with Crippen LogP contribution in [0.1, 0.15) is 13.8 Å². The lowest BCUT2D eigenvalue weighted by Gasteiger charge is -2.20. The van der Waals surface area contributed by atoms with Crippen molar-refractivity contribution >= 4 is 30.0 Å². The van der Waals surface area contributed by atoms with Crippen molar-refractivity contribution in [3.05, 3.63) is 11.4 Å². The molecule has 0 atom stereocenters. The summed E-state index contributed by atoms with van der Waals surface area (Å²) in [4.78, 5) is 13.6. The first kappa shape index (κ1) is 14.2. The van der Waals surface area contributed by atoms with E-state index >= 15 is 0 Å². The largest absolute Gasteiger partial charge is 0.415 e. The number of rotatable bonds is 4. The first-order valence-corrected chi connectivity index (χ1v) is 10.3. The van der Waals surface area contributed by atoms with Gasteiger partial charge in [-0.05, 0) is 25.3 Å². The van der Waals surface area contributed by atoms with Crippen LogP contribution in [-0.4, -0.2) is 32.2 Å². The number of carbonyl (C=O) groups is 1. The summed E-state index contributed by atoms with van der Waals surface area (Å²) in [6, 6.07) is 1.90. The van der Waals surface area contributed by atoms with E-state index in [-0.39, 0.29) is 6.09 Å². The minimum absolute atomic E-state index is 0.243. The molecule has 1 aromatic heterocycles. The molecule has 96 valence electrons. The van der Waals surface area contributed by atoms with Gasteiger partial charge >= 0.3 is 6.09 Å². The van der Waals surface area contributed by atoms with E-state index in [0.29, 0.717) is 13.1 Å². The van der Waals surface area contributed by atoms with Gasteiger partial charge in [-0.3, -0.25) is 0 Å². The van der Waals surface area contributed by atoms with E-state index in [9.17, 15) is 4.79 Å². The minimum Gasteiger partial charge on any atom is -0.409 e. The molecule has 0 spiro atoms. The molecule has 5 heteroatoms. The molecule has 0 radical (unpaired) electrons. The van der Waals surface area contributed by atoms with E-state index in [0.717, 1.165) is 5.75 Å². The maximum Gasteiger partial charge on any atom is 0.415 e. The maximum atomic E-state index is 11.9. The standard InChI is InChI=1S/C12H21NO2SSi/c1-6-13(7-2)12(14)15-10-8-9-16-11(10)17(3,4)5/h8-9H,6-7H2,1-5H3. The van der Waals surface area contributed by atoms with Crippen LogP contribution in [0.5, 0.6) is 5.75 Å². The highest BCUT2D eigenvalue weighted by Gasteiger charge is 2.24. The zero-order valence-corrected chi connectivity index (χ0v) is 13.1. The van der Waals surface area contributed by atoms with E-state index in [1.165, 1.54) is 4.50 Å². The van der Waals surface area contributed by atoms with Crippen LogP contribution in [0.3, 0.4) is 0 Å². The Hall–Kier alpha value is -0.813. The van der Waals surface area contributed by atoms with Crippen LogP contribution in [-0.2, 0) is 0 Å². The molecule has 1 amide bonds. The lowest BCUT2D eigenvalue weighted by Crippen LogP contribution is -2.39. The summed E-state index contributed by atoms with van der Waals surface area (Å²) in [6.45, 7) is 12.0. The van der Waals surface area contributed by atoms with E-state index in [1.54, 1.807) is 16.2 Å². The highest BCUT2D eigenvalue weighted by molar-refractivity contribution is 7.25. The topological polar surface area (TPSA) is 29.5 Å². The second-order valence-electron chi connectivity index (χ2n) is 4.90. The number of hydrogen-bond donors (Lipinski definition) is 0. The molecule has 0 aliphatic rings. The summed E-state index contributed by atoms with van der Waals surface area (Å²) < 4.78 is 6.74. The van der Waals surface area contributed by atoms with E-state index < -0.39 is 8.07 Å². The van der Waals surface area contributed by atoms with Crippen LogP contribution in [0, 0.1) is 0 Å². The van der Waals surface area contributed by atoms with Gasteiger partial charge in [0.15, 0.2) is 0 Å². The molecule has 1 aromatic rings. The molecule has 0 bridgehead atoms. The van der Waals surface area contributed by atoms with Crippen molar-refractivity contribution in [1.29, 1.82) is 0 Å². The average molecular weight is 271 g/mol. The third kappa shape index (κ3) is 3.57. The average Bonchev–Trinajstić information content (AvgIpc) is 2.67. The number of nitrogens with zero attached hydrogens (tertiary/aromatic N) is 1. The molecular weight excluding hydrogens is 250 g/mol. The Morgan fingerprint density at radius 3 is 2.41 bits per heavy atom. The smallest absolute Gasteiger partial charge is 0.409 e. The Bertz CT molecular complexity index is 380. The number of thiophene rings is 1. The monoisotopic (exact) mass is 271 g/mol. The Balaban J connectivity index is 2.82. The van der Waals surface area contributed by atoms with Gasteiger partial charge in [0.1, 0.15) is 5.75 Å². The molecule has 0 unspecified atom stereocenters. The SMILES string of the molecule is CCN(CC)C(=O)Oc1ccsc1[Si](C)(C)C. The number of hydrogen-bond acceptors (Lipinski definition) is 3. The number of amides is 1. The second-order valence-corrected chi connectivity index (χ2v) is 11.2. The third-order valence-electron chi connectivity index (χ3n) is 2.53. The fourth-order valence-electron chi connectivity index (χ4n) is 1.56. The van der Waals surface area contributed by atoms with Gasteiger partial charge in [0.05, 0.1) is 8.07 Å². The molecule has 0 saturated carbocycles. The van der Waals surface area contributed by atoms with Crippen molar-refractivity contribution in [1.82, 2.24) is 4.90 Å².